The molecule has 0 radical (unpaired) electrons. The van der Waals surface area contributed by atoms with E-state index in [0.717, 1.165) is 19.6 Å². The molecule has 136 valence electrons. The van der Waals surface area contributed by atoms with Crippen LogP contribution in [0.5, 0.6) is 0 Å². The second-order valence-corrected chi connectivity index (χ2v) is 6.86. The van der Waals surface area contributed by atoms with Gasteiger partial charge in [0.05, 0.1) is 25.7 Å². The van der Waals surface area contributed by atoms with E-state index in [9.17, 15) is 9.59 Å². The number of piperidine rings is 1. The summed E-state index contributed by atoms with van der Waals surface area (Å²) in [6, 6.07) is 7.33. The maximum atomic E-state index is 12.8. The molecule has 0 spiro atoms. The summed E-state index contributed by atoms with van der Waals surface area (Å²) in [5.41, 5.74) is 1.82. The lowest BCUT2D eigenvalue weighted by molar-refractivity contribution is -0.139. The van der Waals surface area contributed by atoms with E-state index in [-0.39, 0.29) is 18.9 Å². The Hall–Kier alpha value is -1.92. The number of aliphatic carboxylic acids is 1. The van der Waals surface area contributed by atoms with Crippen LogP contribution in [0.3, 0.4) is 0 Å². The van der Waals surface area contributed by atoms with Crippen LogP contribution in [0.1, 0.15) is 41.6 Å². The number of hydrogen-bond acceptors (Lipinski definition) is 4. The molecule has 1 aromatic rings. The molecular formula is C19H26N2O4. The first kappa shape index (κ1) is 17.9. The van der Waals surface area contributed by atoms with Gasteiger partial charge in [0, 0.05) is 18.7 Å². The molecule has 1 atom stereocenters. The van der Waals surface area contributed by atoms with Gasteiger partial charge in [-0.2, -0.15) is 0 Å². The Kier molecular flexibility index (Phi) is 6.04. The third kappa shape index (κ3) is 4.80. The van der Waals surface area contributed by atoms with Crippen LogP contribution in [0.4, 0.5) is 0 Å². The minimum atomic E-state index is -0.912. The largest absolute Gasteiger partial charge is 0.481 e. The Morgan fingerprint density at radius 1 is 1.08 bits per heavy atom. The smallest absolute Gasteiger partial charge is 0.305 e. The van der Waals surface area contributed by atoms with Gasteiger partial charge in [-0.3, -0.25) is 14.5 Å². The van der Waals surface area contributed by atoms with Crippen LogP contribution in [0.2, 0.25) is 0 Å². The Morgan fingerprint density at radius 3 is 2.48 bits per heavy atom. The highest BCUT2D eigenvalue weighted by molar-refractivity contribution is 5.94. The number of hydrogen-bond donors (Lipinski definition) is 1. The zero-order valence-electron chi connectivity index (χ0n) is 14.5. The number of carboxylic acids is 1. The fourth-order valence-electron chi connectivity index (χ4n) is 3.59. The number of carboxylic acid groups (broad SMARTS) is 1. The van der Waals surface area contributed by atoms with Crippen LogP contribution in [0.15, 0.2) is 24.3 Å². The van der Waals surface area contributed by atoms with Crippen LogP contribution in [-0.4, -0.2) is 65.7 Å². The van der Waals surface area contributed by atoms with Crippen molar-refractivity contribution in [3.05, 3.63) is 35.4 Å². The standard InChI is InChI=1S/C19H26N2O4/c22-18(23)12-17-14-25-11-10-21(17)19(24)16-6-4-15(5-7-16)13-20-8-2-1-3-9-20/h4-7,17H,1-3,8-14H2,(H,22,23)/t17-/m0/s1. The highest BCUT2D eigenvalue weighted by Crippen LogP contribution is 2.17. The monoisotopic (exact) mass is 346 g/mol. The zero-order chi connectivity index (χ0) is 17.6. The van der Waals surface area contributed by atoms with Gasteiger partial charge in [0.2, 0.25) is 0 Å². The molecule has 1 N–H and O–H groups in total. The van der Waals surface area contributed by atoms with E-state index >= 15 is 0 Å². The third-order valence-corrected chi connectivity index (χ3v) is 4.95. The van der Waals surface area contributed by atoms with Gasteiger partial charge >= 0.3 is 5.97 Å². The van der Waals surface area contributed by atoms with Gasteiger partial charge in [0.25, 0.3) is 5.91 Å². The van der Waals surface area contributed by atoms with E-state index in [1.165, 1.54) is 24.8 Å². The number of likely N-dealkylation sites (tertiary alicyclic amines) is 1. The van der Waals surface area contributed by atoms with Gasteiger partial charge in [0.15, 0.2) is 0 Å². The molecule has 6 nitrogen and oxygen atoms in total. The van der Waals surface area contributed by atoms with Crippen LogP contribution >= 0.6 is 0 Å². The molecule has 2 aliphatic rings. The van der Waals surface area contributed by atoms with Crippen molar-refractivity contribution in [2.75, 3.05) is 32.8 Å². The van der Waals surface area contributed by atoms with Crippen molar-refractivity contribution in [1.29, 1.82) is 0 Å². The molecule has 2 heterocycles. The third-order valence-electron chi connectivity index (χ3n) is 4.95. The summed E-state index contributed by atoms with van der Waals surface area (Å²) in [5, 5.41) is 9.03. The highest BCUT2D eigenvalue weighted by Gasteiger charge is 2.29. The zero-order valence-corrected chi connectivity index (χ0v) is 14.5. The number of carbonyl (C=O) groups is 2. The molecular weight excluding hydrogens is 320 g/mol. The van der Waals surface area contributed by atoms with Crippen LogP contribution in [0.25, 0.3) is 0 Å². The average Bonchev–Trinajstić information content (AvgIpc) is 2.63. The molecule has 0 bridgehead atoms. The first-order valence-corrected chi connectivity index (χ1v) is 9.05. The molecule has 1 amide bonds. The first-order valence-electron chi connectivity index (χ1n) is 9.05. The second-order valence-electron chi connectivity index (χ2n) is 6.86. The lowest BCUT2D eigenvalue weighted by Gasteiger charge is -2.35. The van der Waals surface area contributed by atoms with E-state index in [4.69, 9.17) is 9.84 Å². The summed E-state index contributed by atoms with van der Waals surface area (Å²) in [4.78, 5) is 27.9. The van der Waals surface area contributed by atoms with Crippen molar-refractivity contribution in [2.45, 2.75) is 38.3 Å². The number of ether oxygens (including phenoxy) is 1. The predicted octanol–water partition coefficient (Wildman–Crippen LogP) is 1.99. The fourth-order valence-corrected chi connectivity index (χ4v) is 3.59. The van der Waals surface area contributed by atoms with Crippen molar-refractivity contribution in [3.63, 3.8) is 0 Å². The Bertz CT molecular complexity index is 596. The predicted molar refractivity (Wildman–Crippen MR) is 93.5 cm³/mol. The minimum Gasteiger partial charge on any atom is -0.481 e. The van der Waals surface area contributed by atoms with Crippen molar-refractivity contribution in [2.24, 2.45) is 0 Å². The number of nitrogens with zero attached hydrogens (tertiary/aromatic N) is 2. The summed E-state index contributed by atoms with van der Waals surface area (Å²) in [6.45, 7) is 4.39. The van der Waals surface area contributed by atoms with E-state index < -0.39 is 12.0 Å². The van der Waals surface area contributed by atoms with Crippen molar-refractivity contribution in [1.82, 2.24) is 9.80 Å². The Morgan fingerprint density at radius 2 is 1.80 bits per heavy atom. The summed E-state index contributed by atoms with van der Waals surface area (Å²) >= 11 is 0. The van der Waals surface area contributed by atoms with Crippen LogP contribution in [-0.2, 0) is 16.1 Å². The molecule has 3 rings (SSSR count). The summed E-state index contributed by atoms with van der Waals surface area (Å²) in [5.74, 6) is -1.02. The Labute approximate surface area is 148 Å². The lowest BCUT2D eigenvalue weighted by Crippen LogP contribution is -2.49. The van der Waals surface area contributed by atoms with E-state index in [1.54, 1.807) is 4.90 Å². The first-order chi connectivity index (χ1) is 12.1. The maximum absolute atomic E-state index is 12.8. The molecule has 2 saturated heterocycles. The van der Waals surface area contributed by atoms with Crippen molar-refractivity contribution in [3.8, 4) is 0 Å². The van der Waals surface area contributed by atoms with Crippen molar-refractivity contribution < 1.29 is 19.4 Å². The number of benzene rings is 1. The molecule has 0 saturated carbocycles. The van der Waals surface area contributed by atoms with Gasteiger partial charge in [0.1, 0.15) is 0 Å². The van der Waals surface area contributed by atoms with E-state index in [0.29, 0.717) is 18.7 Å². The van der Waals surface area contributed by atoms with Gasteiger partial charge in [-0.05, 0) is 43.6 Å². The molecule has 2 aliphatic heterocycles. The number of morpholine rings is 1. The topological polar surface area (TPSA) is 70.1 Å². The number of amides is 1. The quantitative estimate of drug-likeness (QED) is 0.883. The van der Waals surface area contributed by atoms with Gasteiger partial charge in [-0.25, -0.2) is 0 Å². The van der Waals surface area contributed by atoms with Crippen LogP contribution in [0, 0.1) is 0 Å². The maximum Gasteiger partial charge on any atom is 0.305 e. The average molecular weight is 346 g/mol. The molecule has 2 fully saturated rings. The summed E-state index contributed by atoms with van der Waals surface area (Å²) < 4.78 is 5.34. The lowest BCUT2D eigenvalue weighted by atomic mass is 10.1. The summed E-state index contributed by atoms with van der Waals surface area (Å²) in [7, 11) is 0. The van der Waals surface area contributed by atoms with Gasteiger partial charge < -0.3 is 14.7 Å². The normalized spacial score (nSPS) is 21.9. The van der Waals surface area contributed by atoms with Gasteiger partial charge in [-0.1, -0.05) is 18.6 Å². The summed E-state index contributed by atoms with van der Waals surface area (Å²) in [6.07, 6.45) is 3.76. The second kappa shape index (κ2) is 8.45. The minimum absolute atomic E-state index is 0.0845. The molecule has 6 heteroatoms. The fraction of sp³-hybridized carbons (Fsp3) is 0.579. The molecule has 0 aliphatic carbocycles. The van der Waals surface area contributed by atoms with E-state index in [1.807, 2.05) is 24.3 Å². The number of rotatable bonds is 5. The van der Waals surface area contributed by atoms with Gasteiger partial charge in [-0.15, -0.1) is 0 Å². The number of carbonyl (C=O) groups excluding carboxylic acids is 1. The van der Waals surface area contributed by atoms with Crippen molar-refractivity contribution >= 4 is 11.9 Å². The SMILES string of the molecule is O=C(O)C[C@H]1COCCN1C(=O)c1ccc(CN2CCCCC2)cc1. The Balaban J connectivity index is 1.63. The molecule has 25 heavy (non-hydrogen) atoms. The highest BCUT2D eigenvalue weighted by atomic mass is 16.5. The molecule has 0 aromatic heterocycles. The molecule has 0 unspecified atom stereocenters. The van der Waals surface area contributed by atoms with E-state index in [2.05, 4.69) is 4.90 Å². The molecule has 1 aromatic carbocycles. The van der Waals surface area contributed by atoms with Crippen LogP contribution < -0.4 is 0 Å².